The average Bonchev–Trinajstić information content (AvgIpc) is 3.42. The lowest BCUT2D eigenvalue weighted by molar-refractivity contribution is 0.119. The number of carbonyl (C=O) groups is 1. The summed E-state index contributed by atoms with van der Waals surface area (Å²) in [6.45, 7) is 11.6. The van der Waals surface area contributed by atoms with Gasteiger partial charge in [-0.3, -0.25) is 14.8 Å². The van der Waals surface area contributed by atoms with E-state index in [1.165, 1.54) is 6.26 Å². The summed E-state index contributed by atoms with van der Waals surface area (Å²) in [7, 11) is -3.03. The summed E-state index contributed by atoms with van der Waals surface area (Å²) >= 11 is 19.6. The van der Waals surface area contributed by atoms with Gasteiger partial charge < -0.3 is 9.64 Å². The lowest BCUT2D eigenvalue weighted by atomic mass is 9.86. The predicted octanol–water partition coefficient (Wildman–Crippen LogP) is 8.06. The zero-order valence-electron chi connectivity index (χ0n) is 28.0. The lowest BCUT2D eigenvalue weighted by Gasteiger charge is -2.39. The molecule has 2 heterocycles. The first-order valence-corrected chi connectivity index (χ1v) is 19.4. The summed E-state index contributed by atoms with van der Waals surface area (Å²) in [5.41, 5.74) is 3.11. The second-order valence-electron chi connectivity index (χ2n) is 13.4. The maximum atomic E-state index is 14.9. The maximum Gasteiger partial charge on any atom is 0.326 e. The summed E-state index contributed by atoms with van der Waals surface area (Å²) < 4.78 is 29.5. The Labute approximate surface area is 299 Å². The van der Waals surface area contributed by atoms with Crippen molar-refractivity contribution in [1.29, 1.82) is 0 Å². The van der Waals surface area contributed by atoms with Gasteiger partial charge in [-0.25, -0.2) is 13.2 Å². The van der Waals surface area contributed by atoms with Gasteiger partial charge in [-0.1, -0.05) is 79.8 Å². The van der Waals surface area contributed by atoms with E-state index >= 15 is 0 Å². The molecule has 2 atom stereocenters. The highest BCUT2D eigenvalue weighted by atomic mass is 35.5. The number of benzene rings is 3. The summed E-state index contributed by atoms with van der Waals surface area (Å²) in [6.07, 6.45) is 1.82. The van der Waals surface area contributed by atoms with Crippen LogP contribution >= 0.6 is 34.8 Å². The quantitative estimate of drug-likeness (QED) is 0.222. The minimum absolute atomic E-state index is 0.146. The summed E-state index contributed by atoms with van der Waals surface area (Å²) in [4.78, 5) is 26.0. The molecule has 258 valence electrons. The Morgan fingerprint density at radius 2 is 1.50 bits per heavy atom. The third kappa shape index (κ3) is 8.48. The number of rotatable bonds is 9. The highest BCUT2D eigenvalue weighted by Crippen LogP contribution is 2.46. The Hall–Kier alpha value is -2.82. The molecule has 2 amide bonds. The summed E-state index contributed by atoms with van der Waals surface area (Å²) in [5.74, 6) is 1.22. The molecule has 3 aromatic rings. The zero-order valence-corrected chi connectivity index (χ0v) is 31.1. The largest absolute Gasteiger partial charge is 0.493 e. The van der Waals surface area contributed by atoms with E-state index in [4.69, 9.17) is 44.5 Å². The van der Waals surface area contributed by atoms with Crippen molar-refractivity contribution in [3.63, 3.8) is 0 Å². The number of urea groups is 1. The number of carbonyl (C=O) groups excluding carboxylic acids is 1. The molecule has 0 saturated carbocycles. The van der Waals surface area contributed by atoms with Gasteiger partial charge in [0.05, 0.1) is 24.0 Å². The molecule has 12 heteroatoms. The first-order chi connectivity index (χ1) is 22.7. The number of hydrogen-bond donors (Lipinski definition) is 0. The van der Waals surface area contributed by atoms with Crippen LogP contribution in [0.1, 0.15) is 68.5 Å². The first-order valence-electron chi connectivity index (χ1n) is 16.2. The lowest BCUT2D eigenvalue weighted by Crippen LogP contribution is -2.54. The van der Waals surface area contributed by atoms with E-state index in [0.717, 1.165) is 16.7 Å². The van der Waals surface area contributed by atoms with Gasteiger partial charge in [0, 0.05) is 47.5 Å². The number of amides is 2. The number of nitrogens with zero attached hydrogens (tertiary/aromatic N) is 4. The van der Waals surface area contributed by atoms with Gasteiger partial charge >= 0.3 is 6.03 Å². The number of amidine groups is 1. The van der Waals surface area contributed by atoms with Crippen molar-refractivity contribution in [3.8, 4) is 5.75 Å². The zero-order chi connectivity index (χ0) is 34.8. The Bertz CT molecular complexity index is 1750. The van der Waals surface area contributed by atoms with E-state index in [1.54, 1.807) is 4.90 Å². The molecule has 0 aliphatic carbocycles. The third-order valence-corrected chi connectivity index (χ3v) is 10.6. The highest BCUT2D eigenvalue weighted by Gasteiger charge is 2.45. The summed E-state index contributed by atoms with van der Waals surface area (Å²) in [5, 5.41) is 1.76. The standard InChI is InChI=1S/C36H43Cl3N4O4S/c1-6-47-31-23-29(36(2,3)4)30(39)22-28(31)34-40-32(24-8-12-26(37)13-9-24)33(25-10-14-27(38)15-11-25)43(34)35(44)42-19-17-41(18-20-42)16-7-21-48(5,45)46/h8-15,22-23,32-33H,6-7,16-21H2,1-5H3/t32-,33+/m0/s1. The van der Waals surface area contributed by atoms with Crippen molar-refractivity contribution in [3.05, 3.63) is 98.0 Å². The SMILES string of the molecule is CCOc1cc(C(C)(C)C)c(Cl)cc1C1=N[C@@H](c2ccc(Cl)cc2)[C@@H](c2ccc(Cl)cc2)N1C(=O)N1CCN(CCCS(C)(=O)=O)CC1. The minimum Gasteiger partial charge on any atom is -0.493 e. The average molecular weight is 734 g/mol. The topological polar surface area (TPSA) is 82.5 Å². The van der Waals surface area contributed by atoms with Crippen LogP contribution in [0.2, 0.25) is 15.1 Å². The minimum atomic E-state index is -3.03. The molecule has 2 aliphatic rings. The monoisotopic (exact) mass is 732 g/mol. The molecule has 5 rings (SSSR count). The van der Waals surface area contributed by atoms with Crippen LogP contribution in [0.25, 0.3) is 0 Å². The fourth-order valence-corrected chi connectivity index (χ4v) is 7.65. The molecule has 1 saturated heterocycles. The number of aliphatic imine (C=N–C) groups is 1. The van der Waals surface area contributed by atoms with E-state index in [0.29, 0.717) is 78.0 Å². The van der Waals surface area contributed by atoms with Crippen molar-refractivity contribution in [2.45, 2.75) is 51.6 Å². The molecule has 8 nitrogen and oxygen atoms in total. The Kier molecular flexibility index (Phi) is 11.4. The second-order valence-corrected chi connectivity index (χ2v) is 17.0. The predicted molar refractivity (Wildman–Crippen MR) is 196 cm³/mol. The number of sulfone groups is 1. The second kappa shape index (κ2) is 15.0. The molecule has 2 aliphatic heterocycles. The van der Waals surface area contributed by atoms with Crippen LogP contribution in [0.3, 0.4) is 0 Å². The molecule has 0 spiro atoms. The van der Waals surface area contributed by atoms with Gasteiger partial charge in [0.15, 0.2) is 0 Å². The van der Waals surface area contributed by atoms with Gasteiger partial charge in [0.2, 0.25) is 0 Å². The molecule has 0 radical (unpaired) electrons. The molecular weight excluding hydrogens is 691 g/mol. The fourth-order valence-electron chi connectivity index (χ4n) is 6.30. The third-order valence-electron chi connectivity index (χ3n) is 8.75. The molecule has 1 fully saturated rings. The normalized spacial score (nSPS) is 19.0. The van der Waals surface area contributed by atoms with Gasteiger partial charge in [0.1, 0.15) is 27.5 Å². The van der Waals surface area contributed by atoms with E-state index in [9.17, 15) is 13.2 Å². The van der Waals surface area contributed by atoms with Crippen LogP contribution in [0.5, 0.6) is 5.75 Å². The Morgan fingerprint density at radius 3 is 2.04 bits per heavy atom. The van der Waals surface area contributed by atoms with Crippen molar-refractivity contribution >= 4 is 56.5 Å². The van der Waals surface area contributed by atoms with Crippen LogP contribution in [-0.2, 0) is 15.3 Å². The summed E-state index contributed by atoms with van der Waals surface area (Å²) in [6, 6.07) is 17.8. The van der Waals surface area contributed by atoms with Gasteiger partial charge in [0.25, 0.3) is 0 Å². The molecular formula is C36H43Cl3N4O4S. The van der Waals surface area contributed by atoms with Crippen LogP contribution < -0.4 is 4.74 Å². The fraction of sp³-hybridized carbons (Fsp3) is 0.444. The van der Waals surface area contributed by atoms with Crippen molar-refractivity contribution in [1.82, 2.24) is 14.7 Å². The van der Waals surface area contributed by atoms with E-state index < -0.39 is 21.9 Å². The Balaban J connectivity index is 1.59. The number of piperazine rings is 1. The van der Waals surface area contributed by atoms with E-state index in [1.807, 2.05) is 72.5 Å². The first kappa shape index (κ1) is 36.5. The van der Waals surface area contributed by atoms with Gasteiger partial charge in [-0.05, 0) is 78.4 Å². The Morgan fingerprint density at radius 1 is 0.917 bits per heavy atom. The number of halogens is 3. The van der Waals surface area contributed by atoms with Crippen LogP contribution in [0.4, 0.5) is 4.79 Å². The van der Waals surface area contributed by atoms with Crippen molar-refractivity contribution in [2.24, 2.45) is 4.99 Å². The smallest absolute Gasteiger partial charge is 0.326 e. The molecule has 0 N–H and O–H groups in total. The highest BCUT2D eigenvalue weighted by molar-refractivity contribution is 7.90. The molecule has 48 heavy (non-hydrogen) atoms. The van der Waals surface area contributed by atoms with Gasteiger partial charge in [-0.15, -0.1) is 0 Å². The van der Waals surface area contributed by atoms with Crippen LogP contribution in [0.15, 0.2) is 65.7 Å². The molecule has 0 aromatic heterocycles. The van der Waals surface area contributed by atoms with Crippen LogP contribution in [0, 0.1) is 0 Å². The van der Waals surface area contributed by atoms with E-state index in [-0.39, 0.29) is 17.2 Å². The van der Waals surface area contributed by atoms with E-state index in [2.05, 4.69) is 25.7 Å². The maximum absolute atomic E-state index is 14.9. The van der Waals surface area contributed by atoms with Gasteiger partial charge in [-0.2, -0.15) is 0 Å². The molecule has 3 aromatic carbocycles. The molecule has 0 unspecified atom stereocenters. The number of ether oxygens (including phenoxy) is 1. The van der Waals surface area contributed by atoms with Crippen LogP contribution in [-0.4, -0.2) is 86.3 Å². The van der Waals surface area contributed by atoms with Crippen molar-refractivity contribution in [2.75, 3.05) is 51.3 Å². The van der Waals surface area contributed by atoms with Crippen molar-refractivity contribution < 1.29 is 17.9 Å². The molecule has 0 bridgehead atoms. The number of hydrogen-bond acceptors (Lipinski definition) is 6.